The van der Waals surface area contributed by atoms with Gasteiger partial charge in [0, 0.05) is 6.54 Å². The van der Waals surface area contributed by atoms with Crippen LogP contribution < -0.4 is 14.8 Å². The van der Waals surface area contributed by atoms with Gasteiger partial charge < -0.3 is 29.4 Å². The number of benzene rings is 1. The minimum atomic E-state index is -1.12. The van der Waals surface area contributed by atoms with Gasteiger partial charge in [-0.3, -0.25) is 14.4 Å². The Labute approximate surface area is 238 Å². The number of aliphatic carboxylic acids is 1. The van der Waals surface area contributed by atoms with Crippen LogP contribution in [0.15, 0.2) is 18.2 Å². The molecular weight excluding hydrogens is 518 g/mol. The number of hydrogen-bond acceptors (Lipinski definition) is 9. The molecule has 40 heavy (non-hydrogen) atoms. The molecule has 1 aromatic carbocycles. The molecule has 10 nitrogen and oxygen atoms in total. The number of esters is 2. The number of carbonyl (C=O) groups excluding carboxylic acids is 3. The second-order valence-corrected chi connectivity index (χ2v) is 11.9. The van der Waals surface area contributed by atoms with Gasteiger partial charge in [0.15, 0.2) is 11.5 Å². The average molecular weight is 566 g/mol. The third-order valence-corrected chi connectivity index (χ3v) is 7.18. The van der Waals surface area contributed by atoms with Crippen LogP contribution in [0.3, 0.4) is 0 Å². The molecule has 0 saturated carbocycles. The molecule has 0 saturated heterocycles. The highest BCUT2D eigenvalue weighted by Gasteiger charge is 2.32. The lowest BCUT2D eigenvalue weighted by Crippen LogP contribution is -2.43. The molecule has 0 fully saturated rings. The van der Waals surface area contributed by atoms with Gasteiger partial charge in [-0.15, -0.1) is 0 Å². The van der Waals surface area contributed by atoms with Gasteiger partial charge in [0.1, 0.15) is 17.7 Å². The second-order valence-electron chi connectivity index (χ2n) is 11.9. The highest BCUT2D eigenvalue weighted by Crippen LogP contribution is 2.34. The quantitative estimate of drug-likeness (QED) is 0.202. The van der Waals surface area contributed by atoms with E-state index in [1.54, 1.807) is 54.5 Å². The number of nitrogens with one attached hydrogen (secondary N) is 1. The van der Waals surface area contributed by atoms with Gasteiger partial charge in [-0.25, -0.2) is 4.79 Å². The largest absolute Gasteiger partial charge is 0.509 e. The van der Waals surface area contributed by atoms with Gasteiger partial charge in [0.05, 0.1) is 10.8 Å². The zero-order valence-electron chi connectivity index (χ0n) is 25.6. The first-order valence-electron chi connectivity index (χ1n) is 13.8. The van der Waals surface area contributed by atoms with Crippen LogP contribution >= 0.6 is 0 Å². The van der Waals surface area contributed by atoms with Gasteiger partial charge in [-0.05, 0) is 91.8 Å². The van der Waals surface area contributed by atoms with E-state index in [0.717, 1.165) is 0 Å². The van der Waals surface area contributed by atoms with Crippen LogP contribution in [-0.2, 0) is 30.3 Å². The van der Waals surface area contributed by atoms with Gasteiger partial charge in [0.2, 0.25) is 0 Å². The maximum absolute atomic E-state index is 12.8. The average Bonchev–Trinajstić information content (AvgIpc) is 2.86. The van der Waals surface area contributed by atoms with Crippen LogP contribution in [-0.4, -0.2) is 53.5 Å². The van der Waals surface area contributed by atoms with Gasteiger partial charge >= 0.3 is 24.1 Å². The summed E-state index contributed by atoms with van der Waals surface area (Å²) in [4.78, 5) is 49.6. The molecule has 1 aromatic rings. The number of carbonyl (C=O) groups is 4. The van der Waals surface area contributed by atoms with Crippen LogP contribution in [0.4, 0.5) is 4.79 Å². The summed E-state index contributed by atoms with van der Waals surface area (Å²) in [5, 5.41) is 12.7. The van der Waals surface area contributed by atoms with E-state index < -0.39 is 52.6 Å². The van der Waals surface area contributed by atoms with Crippen LogP contribution in [0.5, 0.6) is 11.5 Å². The van der Waals surface area contributed by atoms with Crippen molar-refractivity contribution in [2.45, 2.75) is 113 Å². The first-order chi connectivity index (χ1) is 18.4. The summed E-state index contributed by atoms with van der Waals surface area (Å²) in [6.07, 6.45) is 0.218. The van der Waals surface area contributed by atoms with Crippen molar-refractivity contribution in [3.05, 3.63) is 23.8 Å². The summed E-state index contributed by atoms with van der Waals surface area (Å²) in [7, 11) is 0. The van der Waals surface area contributed by atoms with Crippen molar-refractivity contribution >= 4 is 24.1 Å². The Morgan fingerprint density at radius 1 is 0.850 bits per heavy atom. The molecule has 0 aliphatic carbocycles. The van der Waals surface area contributed by atoms with Crippen LogP contribution in [0, 0.1) is 10.8 Å². The normalized spacial score (nSPS) is 13.7. The summed E-state index contributed by atoms with van der Waals surface area (Å²) in [5.41, 5.74) is -1.68. The first-order valence-corrected chi connectivity index (χ1v) is 13.8. The summed E-state index contributed by atoms with van der Waals surface area (Å²) < 4.78 is 21.8. The van der Waals surface area contributed by atoms with E-state index in [1.165, 1.54) is 12.1 Å². The Hall–Kier alpha value is -3.14. The molecule has 1 rings (SSSR count). The third kappa shape index (κ3) is 10.8. The highest BCUT2D eigenvalue weighted by molar-refractivity contribution is 5.81. The van der Waals surface area contributed by atoms with E-state index in [0.29, 0.717) is 24.8 Å². The Kier molecular flexibility index (Phi) is 12.6. The third-order valence-electron chi connectivity index (χ3n) is 7.18. The summed E-state index contributed by atoms with van der Waals surface area (Å²) >= 11 is 0. The van der Waals surface area contributed by atoms with E-state index in [1.807, 2.05) is 20.8 Å². The summed E-state index contributed by atoms with van der Waals surface area (Å²) in [6, 6.07) is 3.58. The molecule has 0 aliphatic heterocycles. The second kappa shape index (κ2) is 14.5. The molecule has 2 N–H and O–H groups in total. The number of carboxylic acid groups (broad SMARTS) is 1. The van der Waals surface area contributed by atoms with Crippen molar-refractivity contribution in [2.24, 2.45) is 10.8 Å². The molecule has 0 radical (unpaired) electrons. The van der Waals surface area contributed by atoms with Crippen LogP contribution in [0.1, 0.15) is 94.1 Å². The van der Waals surface area contributed by atoms with E-state index in [2.05, 4.69) is 5.32 Å². The van der Waals surface area contributed by atoms with Crippen molar-refractivity contribution in [3.63, 3.8) is 0 Å². The molecule has 2 atom stereocenters. The van der Waals surface area contributed by atoms with E-state index in [9.17, 15) is 24.3 Å². The van der Waals surface area contributed by atoms with Crippen molar-refractivity contribution in [2.75, 3.05) is 6.54 Å². The predicted molar refractivity (Wildman–Crippen MR) is 150 cm³/mol. The number of carboxylic acids is 1. The highest BCUT2D eigenvalue weighted by atomic mass is 16.7. The topological polar surface area (TPSA) is 137 Å². The maximum Gasteiger partial charge on any atom is 0.509 e. The number of ether oxygens (including phenoxy) is 4. The zero-order chi connectivity index (χ0) is 30.9. The minimum Gasteiger partial charge on any atom is -0.480 e. The fourth-order valence-corrected chi connectivity index (χ4v) is 2.93. The smallest absolute Gasteiger partial charge is 0.480 e. The Morgan fingerprint density at radius 2 is 1.38 bits per heavy atom. The zero-order valence-corrected chi connectivity index (χ0v) is 25.6. The van der Waals surface area contributed by atoms with Gasteiger partial charge in [-0.2, -0.15) is 0 Å². The Balaban J connectivity index is 3.11. The molecule has 226 valence electrons. The van der Waals surface area contributed by atoms with E-state index >= 15 is 0 Å². The lowest BCUT2D eigenvalue weighted by molar-refractivity contribution is -0.147. The van der Waals surface area contributed by atoms with Gasteiger partial charge in [-0.1, -0.05) is 26.8 Å². The van der Waals surface area contributed by atoms with Crippen molar-refractivity contribution in [1.82, 2.24) is 5.32 Å². The molecule has 0 aliphatic rings. The van der Waals surface area contributed by atoms with Crippen molar-refractivity contribution in [1.29, 1.82) is 0 Å². The number of rotatable bonds is 15. The first kappa shape index (κ1) is 34.9. The standard InChI is InChI=1S/C30H47NO9/c1-11-28(5,6)25(34)38-22-15-14-20(17-23(22)39-26(35)29(7,8)12-2)16-21(24(32)33)31-18-19(4)37-27(36)40-30(9,10)13-3/h14-15,17,19,21,31H,11-13,16,18H2,1-10H3,(H,32,33)/t19?,21-/m0/s1. The fraction of sp³-hybridized carbons (Fsp3) is 0.667. The fourth-order valence-electron chi connectivity index (χ4n) is 2.93. The molecule has 0 heterocycles. The van der Waals surface area contributed by atoms with Gasteiger partial charge in [0.25, 0.3) is 0 Å². The molecular formula is C30H47NO9. The molecule has 1 unspecified atom stereocenters. The maximum atomic E-state index is 12.8. The van der Waals surface area contributed by atoms with Crippen LogP contribution in [0.2, 0.25) is 0 Å². The van der Waals surface area contributed by atoms with E-state index in [4.69, 9.17) is 18.9 Å². The predicted octanol–water partition coefficient (Wildman–Crippen LogP) is 5.69. The SMILES string of the molecule is CCC(C)(C)OC(=O)OC(C)CN[C@@H](Cc1ccc(OC(=O)C(C)(C)CC)c(OC(=O)C(C)(C)CC)c1)C(=O)O. The van der Waals surface area contributed by atoms with Crippen molar-refractivity contribution < 1.29 is 43.2 Å². The minimum absolute atomic E-state index is 0.0196. The Morgan fingerprint density at radius 3 is 1.85 bits per heavy atom. The monoisotopic (exact) mass is 565 g/mol. The molecule has 0 bridgehead atoms. The number of hydrogen-bond donors (Lipinski definition) is 2. The molecule has 0 aromatic heterocycles. The Bertz CT molecular complexity index is 1050. The molecule has 0 spiro atoms. The lowest BCUT2D eigenvalue weighted by Gasteiger charge is -2.25. The lowest BCUT2D eigenvalue weighted by atomic mass is 9.90. The van der Waals surface area contributed by atoms with E-state index in [-0.39, 0.29) is 24.5 Å². The van der Waals surface area contributed by atoms with Crippen LogP contribution in [0.25, 0.3) is 0 Å². The molecule has 10 heteroatoms. The van der Waals surface area contributed by atoms with Crippen molar-refractivity contribution in [3.8, 4) is 11.5 Å². The summed E-state index contributed by atoms with van der Waals surface area (Å²) in [6.45, 7) is 17.8. The summed E-state index contributed by atoms with van der Waals surface area (Å²) in [5.74, 6) is -1.99. The molecule has 0 amide bonds.